The van der Waals surface area contributed by atoms with Gasteiger partial charge in [0.15, 0.2) is 0 Å². The first-order valence-corrected chi connectivity index (χ1v) is 6.73. The molecule has 1 aromatic rings. The summed E-state index contributed by atoms with van der Waals surface area (Å²) in [5.41, 5.74) is -0.0446. The Labute approximate surface area is 118 Å². The molecule has 0 saturated carbocycles. The maximum atomic E-state index is 12.5. The van der Waals surface area contributed by atoms with Crippen LogP contribution in [0.15, 0.2) is 24.3 Å². The van der Waals surface area contributed by atoms with Gasteiger partial charge in [0.1, 0.15) is 0 Å². The van der Waals surface area contributed by atoms with Crippen molar-refractivity contribution >= 4 is 0 Å². The summed E-state index contributed by atoms with van der Waals surface area (Å²) in [6.07, 6.45) is -3.47. The average Bonchev–Trinajstić information content (AvgIpc) is 2.43. The van der Waals surface area contributed by atoms with Crippen LogP contribution in [0.3, 0.4) is 0 Å². The van der Waals surface area contributed by atoms with Gasteiger partial charge in [0.05, 0.1) is 5.56 Å². The highest BCUT2D eigenvalue weighted by atomic mass is 19.4. The minimum Gasteiger partial charge on any atom is -0.396 e. The van der Waals surface area contributed by atoms with Crippen molar-refractivity contribution in [1.82, 2.24) is 5.32 Å². The second-order valence-corrected chi connectivity index (χ2v) is 5.54. The third-order valence-corrected chi connectivity index (χ3v) is 3.81. The number of aliphatic hydroxyl groups is 1. The topological polar surface area (TPSA) is 32.3 Å². The van der Waals surface area contributed by atoms with E-state index in [0.717, 1.165) is 24.1 Å². The molecule has 2 nitrogen and oxygen atoms in total. The first-order valence-electron chi connectivity index (χ1n) is 6.73. The van der Waals surface area contributed by atoms with Crippen molar-refractivity contribution in [2.45, 2.75) is 39.4 Å². The zero-order valence-electron chi connectivity index (χ0n) is 12.1. The lowest BCUT2D eigenvalue weighted by molar-refractivity contribution is -0.137. The Morgan fingerprint density at radius 3 is 2.15 bits per heavy atom. The average molecular weight is 289 g/mol. The monoisotopic (exact) mass is 289 g/mol. The van der Waals surface area contributed by atoms with Crippen molar-refractivity contribution in [3.8, 4) is 0 Å². The molecular formula is C15H22F3NO. The molecule has 2 unspecified atom stereocenters. The molecule has 114 valence electrons. The van der Waals surface area contributed by atoms with E-state index in [2.05, 4.69) is 5.32 Å². The van der Waals surface area contributed by atoms with Gasteiger partial charge in [-0.3, -0.25) is 0 Å². The van der Waals surface area contributed by atoms with Gasteiger partial charge in [0.2, 0.25) is 0 Å². The molecule has 0 bridgehead atoms. The Hall–Kier alpha value is -1.07. The summed E-state index contributed by atoms with van der Waals surface area (Å²) < 4.78 is 37.4. The van der Waals surface area contributed by atoms with Crippen molar-refractivity contribution in [2.24, 2.45) is 5.41 Å². The third-order valence-electron chi connectivity index (χ3n) is 3.81. The summed E-state index contributed by atoms with van der Waals surface area (Å²) in [6.45, 7) is 6.56. The van der Waals surface area contributed by atoms with Gasteiger partial charge in [-0.05, 0) is 31.0 Å². The molecular weight excluding hydrogens is 267 g/mol. The fourth-order valence-electron chi connectivity index (χ4n) is 1.77. The highest BCUT2D eigenvalue weighted by molar-refractivity contribution is 5.26. The van der Waals surface area contributed by atoms with E-state index >= 15 is 0 Å². The molecule has 2 atom stereocenters. The van der Waals surface area contributed by atoms with E-state index in [-0.39, 0.29) is 18.1 Å². The van der Waals surface area contributed by atoms with Crippen molar-refractivity contribution < 1.29 is 18.3 Å². The molecule has 2 N–H and O–H groups in total. The van der Waals surface area contributed by atoms with Crippen LogP contribution < -0.4 is 5.32 Å². The Kier molecular flexibility index (Phi) is 5.59. The molecule has 0 radical (unpaired) electrons. The van der Waals surface area contributed by atoms with E-state index in [0.29, 0.717) is 6.54 Å². The van der Waals surface area contributed by atoms with Crippen LogP contribution in [0.5, 0.6) is 0 Å². The number of hydrogen-bond acceptors (Lipinski definition) is 2. The molecule has 20 heavy (non-hydrogen) atoms. The first-order chi connectivity index (χ1) is 9.22. The molecule has 0 fully saturated rings. The van der Waals surface area contributed by atoms with Gasteiger partial charge in [-0.25, -0.2) is 0 Å². The number of rotatable bonds is 6. The zero-order chi connectivity index (χ0) is 15.4. The molecule has 0 aliphatic heterocycles. The van der Waals surface area contributed by atoms with Gasteiger partial charge < -0.3 is 10.4 Å². The molecule has 1 aromatic carbocycles. The van der Waals surface area contributed by atoms with Crippen LogP contribution in [-0.4, -0.2) is 18.3 Å². The van der Waals surface area contributed by atoms with Crippen LogP contribution in [0.25, 0.3) is 0 Å². The van der Waals surface area contributed by atoms with E-state index in [1.165, 1.54) is 12.1 Å². The quantitative estimate of drug-likeness (QED) is 0.835. The number of hydrogen-bond donors (Lipinski definition) is 2. The van der Waals surface area contributed by atoms with Crippen LogP contribution >= 0.6 is 0 Å². The van der Waals surface area contributed by atoms with Gasteiger partial charge in [0.25, 0.3) is 0 Å². The second-order valence-electron chi connectivity index (χ2n) is 5.54. The summed E-state index contributed by atoms with van der Waals surface area (Å²) in [5, 5.41) is 12.6. The Morgan fingerprint density at radius 2 is 1.75 bits per heavy atom. The summed E-state index contributed by atoms with van der Waals surface area (Å²) in [4.78, 5) is 0. The normalized spacial score (nSPS) is 16.8. The first kappa shape index (κ1) is 17.0. The van der Waals surface area contributed by atoms with Crippen molar-refractivity contribution in [2.75, 3.05) is 13.2 Å². The number of benzene rings is 1. The highest BCUT2D eigenvalue weighted by Gasteiger charge is 2.30. The number of halogens is 3. The van der Waals surface area contributed by atoms with Gasteiger partial charge in [0, 0.05) is 24.6 Å². The van der Waals surface area contributed by atoms with Crippen LogP contribution in [-0.2, 0) is 6.18 Å². The molecule has 5 heteroatoms. The third kappa shape index (κ3) is 4.49. The van der Waals surface area contributed by atoms with Crippen molar-refractivity contribution in [3.05, 3.63) is 35.4 Å². The highest BCUT2D eigenvalue weighted by Crippen LogP contribution is 2.30. The Morgan fingerprint density at radius 1 is 1.20 bits per heavy atom. The lowest BCUT2D eigenvalue weighted by Crippen LogP contribution is -2.35. The molecule has 0 aliphatic rings. The molecule has 0 amide bonds. The van der Waals surface area contributed by atoms with E-state index < -0.39 is 11.7 Å². The maximum absolute atomic E-state index is 12.5. The predicted octanol–water partition coefficient (Wildman–Crippen LogP) is 3.76. The standard InChI is InChI=1S/C15H22F3NO/c1-4-14(3,10-20)9-19-11(2)12-5-7-13(8-6-12)15(16,17)18/h5-8,11,19-20H,4,9-10H2,1-3H3. The number of alkyl halides is 3. The second kappa shape index (κ2) is 6.59. The molecule has 0 saturated heterocycles. The smallest absolute Gasteiger partial charge is 0.396 e. The van der Waals surface area contributed by atoms with E-state index in [9.17, 15) is 18.3 Å². The summed E-state index contributed by atoms with van der Waals surface area (Å²) in [5.74, 6) is 0. The summed E-state index contributed by atoms with van der Waals surface area (Å²) in [6, 6.07) is 5.11. The summed E-state index contributed by atoms with van der Waals surface area (Å²) in [7, 11) is 0. The van der Waals surface area contributed by atoms with Gasteiger partial charge in [-0.2, -0.15) is 13.2 Å². The van der Waals surface area contributed by atoms with Gasteiger partial charge in [-0.15, -0.1) is 0 Å². The van der Waals surface area contributed by atoms with Crippen molar-refractivity contribution in [1.29, 1.82) is 0 Å². The van der Waals surface area contributed by atoms with E-state index in [1.807, 2.05) is 20.8 Å². The Balaban J connectivity index is 2.67. The molecule has 0 aliphatic carbocycles. The lowest BCUT2D eigenvalue weighted by atomic mass is 9.88. The zero-order valence-corrected chi connectivity index (χ0v) is 12.1. The van der Waals surface area contributed by atoms with Crippen molar-refractivity contribution in [3.63, 3.8) is 0 Å². The number of nitrogens with one attached hydrogen (secondary N) is 1. The predicted molar refractivity (Wildman–Crippen MR) is 73.3 cm³/mol. The van der Waals surface area contributed by atoms with Crippen LogP contribution in [0.4, 0.5) is 13.2 Å². The fraction of sp³-hybridized carbons (Fsp3) is 0.600. The molecule has 0 heterocycles. The van der Waals surface area contributed by atoms with Crippen LogP contribution in [0.2, 0.25) is 0 Å². The SMILES string of the molecule is CCC(C)(CO)CNC(C)c1ccc(C(F)(F)F)cc1. The fourth-order valence-corrected chi connectivity index (χ4v) is 1.77. The van der Waals surface area contributed by atoms with Gasteiger partial charge in [-0.1, -0.05) is 26.0 Å². The summed E-state index contributed by atoms with van der Waals surface area (Å²) >= 11 is 0. The Bertz CT molecular complexity index is 410. The minimum absolute atomic E-state index is 0.0605. The molecule has 1 rings (SSSR count). The van der Waals surface area contributed by atoms with E-state index in [4.69, 9.17) is 0 Å². The van der Waals surface area contributed by atoms with E-state index in [1.54, 1.807) is 0 Å². The number of aliphatic hydroxyl groups excluding tert-OH is 1. The van der Waals surface area contributed by atoms with Crippen LogP contribution in [0.1, 0.15) is 44.4 Å². The van der Waals surface area contributed by atoms with Crippen LogP contribution in [0, 0.1) is 5.41 Å². The molecule has 0 spiro atoms. The lowest BCUT2D eigenvalue weighted by Gasteiger charge is -2.28. The van der Waals surface area contributed by atoms with Gasteiger partial charge >= 0.3 is 6.18 Å². The molecule has 0 aromatic heterocycles. The largest absolute Gasteiger partial charge is 0.416 e. The minimum atomic E-state index is -4.30. The maximum Gasteiger partial charge on any atom is 0.416 e.